The van der Waals surface area contributed by atoms with Crippen LogP contribution in [0.2, 0.25) is 5.02 Å². The molecule has 0 aliphatic heterocycles. The van der Waals surface area contributed by atoms with Gasteiger partial charge in [0.2, 0.25) is 0 Å². The molecule has 0 aliphatic rings. The topological polar surface area (TPSA) is 37.3 Å². The van der Waals surface area contributed by atoms with Crippen LogP contribution in [0.25, 0.3) is 0 Å². The van der Waals surface area contributed by atoms with E-state index in [-0.39, 0.29) is 6.42 Å². The van der Waals surface area contributed by atoms with Crippen molar-refractivity contribution in [2.75, 3.05) is 0 Å². The Bertz CT molecular complexity index is 401. The first kappa shape index (κ1) is 14.8. The van der Waals surface area contributed by atoms with Crippen molar-refractivity contribution in [2.45, 2.75) is 25.4 Å². The molecule has 100 valence electrons. The third-order valence-corrected chi connectivity index (χ3v) is 2.67. The monoisotopic (exact) mass is 280 g/mol. The third-order valence-electron chi connectivity index (χ3n) is 2.42. The molecule has 1 aromatic rings. The fourth-order valence-corrected chi connectivity index (χ4v) is 1.87. The van der Waals surface area contributed by atoms with E-state index >= 15 is 0 Å². The summed E-state index contributed by atoms with van der Waals surface area (Å²) >= 11 is 5.66. The molecule has 0 saturated heterocycles. The van der Waals surface area contributed by atoms with Crippen LogP contribution >= 0.6 is 11.6 Å². The highest BCUT2D eigenvalue weighted by atomic mass is 35.5. The maximum atomic E-state index is 12.3. The number of carboxylic acid groups (broad SMARTS) is 1. The largest absolute Gasteiger partial charge is 0.481 e. The fraction of sp³-hybridized carbons (Fsp3) is 0.417. The van der Waals surface area contributed by atoms with Gasteiger partial charge in [0.1, 0.15) is 0 Å². The average Bonchev–Trinajstić information content (AvgIpc) is 2.18. The molecule has 0 saturated carbocycles. The first-order chi connectivity index (χ1) is 8.26. The van der Waals surface area contributed by atoms with Gasteiger partial charge in [-0.1, -0.05) is 23.7 Å². The van der Waals surface area contributed by atoms with Crippen molar-refractivity contribution in [1.82, 2.24) is 0 Å². The summed E-state index contributed by atoms with van der Waals surface area (Å²) in [6.07, 6.45) is -5.88. The fourth-order valence-electron chi connectivity index (χ4n) is 1.74. The Hall–Kier alpha value is -1.23. The summed E-state index contributed by atoms with van der Waals surface area (Å²) in [6.45, 7) is 0. The van der Waals surface area contributed by atoms with Gasteiger partial charge in [-0.2, -0.15) is 13.2 Å². The van der Waals surface area contributed by atoms with Gasteiger partial charge in [-0.25, -0.2) is 0 Å². The molecule has 0 spiro atoms. The van der Waals surface area contributed by atoms with Crippen molar-refractivity contribution >= 4 is 17.6 Å². The van der Waals surface area contributed by atoms with Gasteiger partial charge in [0.15, 0.2) is 0 Å². The van der Waals surface area contributed by atoms with Gasteiger partial charge < -0.3 is 5.11 Å². The molecule has 1 N–H and O–H groups in total. The summed E-state index contributed by atoms with van der Waals surface area (Å²) in [5.74, 6) is -2.18. The molecular weight excluding hydrogens is 269 g/mol. The van der Waals surface area contributed by atoms with Crippen LogP contribution < -0.4 is 0 Å². The molecule has 0 heterocycles. The van der Waals surface area contributed by atoms with E-state index in [9.17, 15) is 18.0 Å². The Morgan fingerprint density at radius 3 is 2.28 bits per heavy atom. The summed E-state index contributed by atoms with van der Waals surface area (Å²) in [5, 5.41) is 9.10. The van der Waals surface area contributed by atoms with Crippen LogP contribution in [-0.4, -0.2) is 17.3 Å². The lowest BCUT2D eigenvalue weighted by Gasteiger charge is -2.16. The average molecular weight is 281 g/mol. The van der Waals surface area contributed by atoms with Gasteiger partial charge in [0.25, 0.3) is 0 Å². The van der Waals surface area contributed by atoms with Crippen molar-refractivity contribution < 1.29 is 23.1 Å². The zero-order chi connectivity index (χ0) is 13.8. The number of rotatable bonds is 5. The van der Waals surface area contributed by atoms with E-state index in [4.69, 9.17) is 16.7 Å². The van der Waals surface area contributed by atoms with Crippen molar-refractivity contribution in [1.29, 1.82) is 0 Å². The van der Waals surface area contributed by atoms with E-state index in [1.165, 1.54) is 0 Å². The van der Waals surface area contributed by atoms with Crippen LogP contribution in [0.15, 0.2) is 24.3 Å². The van der Waals surface area contributed by atoms with Gasteiger partial charge in [0.05, 0.1) is 0 Å². The SMILES string of the molecule is O=C(O)CC(Cc1ccc(Cl)cc1)CC(F)(F)F. The minimum Gasteiger partial charge on any atom is -0.481 e. The standard InChI is InChI=1S/C12H12ClF3O2/c13-10-3-1-8(2-4-10)5-9(6-11(17)18)7-12(14,15)16/h1-4,9H,5-7H2,(H,17,18). The van der Waals surface area contributed by atoms with E-state index < -0.39 is 30.9 Å². The highest BCUT2D eigenvalue weighted by Crippen LogP contribution is 2.29. The second-order valence-corrected chi connectivity index (χ2v) is 4.55. The third kappa shape index (κ3) is 5.91. The normalized spacial score (nSPS) is 13.3. The molecule has 1 atom stereocenters. The number of benzene rings is 1. The summed E-state index contributed by atoms with van der Waals surface area (Å²) in [4.78, 5) is 10.6. The van der Waals surface area contributed by atoms with Crippen LogP contribution in [0.1, 0.15) is 18.4 Å². The molecule has 1 unspecified atom stereocenters. The predicted octanol–water partition coefficient (Wildman–Crippen LogP) is 3.93. The van der Waals surface area contributed by atoms with Gasteiger partial charge >= 0.3 is 12.1 Å². The van der Waals surface area contributed by atoms with Crippen molar-refractivity contribution in [3.8, 4) is 0 Å². The predicted molar refractivity (Wildman–Crippen MR) is 61.6 cm³/mol. The van der Waals surface area contributed by atoms with Crippen LogP contribution in [0.5, 0.6) is 0 Å². The maximum absolute atomic E-state index is 12.3. The van der Waals surface area contributed by atoms with E-state index in [1.807, 2.05) is 0 Å². The van der Waals surface area contributed by atoms with E-state index in [1.54, 1.807) is 24.3 Å². The Morgan fingerprint density at radius 2 is 1.83 bits per heavy atom. The first-order valence-electron chi connectivity index (χ1n) is 5.29. The van der Waals surface area contributed by atoms with Crippen molar-refractivity contribution in [3.05, 3.63) is 34.9 Å². The molecule has 2 nitrogen and oxygen atoms in total. The number of aliphatic carboxylic acids is 1. The first-order valence-corrected chi connectivity index (χ1v) is 5.67. The van der Waals surface area contributed by atoms with Crippen LogP contribution in [0.3, 0.4) is 0 Å². The number of alkyl halides is 3. The van der Waals surface area contributed by atoms with E-state index in [0.717, 1.165) is 0 Å². The zero-order valence-corrected chi connectivity index (χ0v) is 10.1. The summed E-state index contributed by atoms with van der Waals surface area (Å²) in [6, 6.07) is 6.35. The number of hydrogen-bond acceptors (Lipinski definition) is 1. The Kier molecular flexibility index (Phi) is 5.02. The molecule has 18 heavy (non-hydrogen) atoms. The van der Waals surface area contributed by atoms with Gasteiger partial charge in [-0.15, -0.1) is 0 Å². The molecule has 0 amide bonds. The lowest BCUT2D eigenvalue weighted by molar-refractivity contribution is -0.150. The maximum Gasteiger partial charge on any atom is 0.389 e. The molecule has 0 bridgehead atoms. The summed E-state index contributed by atoms with van der Waals surface area (Å²) < 4.78 is 36.9. The highest BCUT2D eigenvalue weighted by Gasteiger charge is 2.32. The smallest absolute Gasteiger partial charge is 0.389 e. The zero-order valence-electron chi connectivity index (χ0n) is 9.38. The quantitative estimate of drug-likeness (QED) is 0.887. The van der Waals surface area contributed by atoms with Gasteiger partial charge in [0, 0.05) is 17.9 Å². The molecule has 0 fully saturated rings. The molecule has 6 heteroatoms. The number of carboxylic acids is 1. The minimum absolute atomic E-state index is 0.0724. The van der Waals surface area contributed by atoms with Crippen molar-refractivity contribution in [3.63, 3.8) is 0 Å². The second-order valence-electron chi connectivity index (χ2n) is 4.11. The molecule has 1 aromatic carbocycles. The van der Waals surface area contributed by atoms with Crippen LogP contribution in [0.4, 0.5) is 13.2 Å². The molecule has 0 radical (unpaired) electrons. The molecule has 1 rings (SSSR count). The Labute approximate surface area is 107 Å². The molecule has 0 aliphatic carbocycles. The number of carbonyl (C=O) groups is 1. The van der Waals surface area contributed by atoms with Crippen LogP contribution in [-0.2, 0) is 11.2 Å². The molecule has 0 aromatic heterocycles. The lowest BCUT2D eigenvalue weighted by Crippen LogP contribution is -2.19. The lowest BCUT2D eigenvalue weighted by atomic mass is 9.93. The number of hydrogen-bond donors (Lipinski definition) is 1. The highest BCUT2D eigenvalue weighted by molar-refractivity contribution is 6.30. The minimum atomic E-state index is -4.35. The Morgan fingerprint density at radius 1 is 1.28 bits per heavy atom. The molecular formula is C12H12ClF3O2. The summed E-state index contributed by atoms with van der Waals surface area (Å²) in [5.41, 5.74) is 0.648. The van der Waals surface area contributed by atoms with E-state index in [2.05, 4.69) is 0 Å². The second kappa shape index (κ2) is 6.09. The van der Waals surface area contributed by atoms with Crippen molar-refractivity contribution in [2.24, 2.45) is 5.92 Å². The summed E-state index contributed by atoms with van der Waals surface area (Å²) in [7, 11) is 0. The van der Waals surface area contributed by atoms with Crippen LogP contribution in [0, 0.1) is 5.92 Å². The van der Waals surface area contributed by atoms with E-state index in [0.29, 0.717) is 10.6 Å². The van der Waals surface area contributed by atoms with Gasteiger partial charge in [-0.05, 0) is 30.0 Å². The number of halogens is 4. The Balaban J connectivity index is 2.71. The van der Waals surface area contributed by atoms with Gasteiger partial charge in [-0.3, -0.25) is 4.79 Å².